The Morgan fingerprint density at radius 3 is 1.76 bits per heavy atom. The highest BCUT2D eigenvalue weighted by Gasteiger charge is 2.33. The monoisotopic (exact) mass is 861 g/mol. The van der Waals surface area contributed by atoms with Gasteiger partial charge in [-0.05, 0) is 47.8 Å². The molecular formula is C38H49ClF9N5O5. The fourth-order valence-corrected chi connectivity index (χ4v) is 6.17. The second-order valence-corrected chi connectivity index (χ2v) is 13.9. The number of carbonyl (C=O) groups is 5. The summed E-state index contributed by atoms with van der Waals surface area (Å²) in [6, 6.07) is 15.5. The van der Waals surface area contributed by atoms with Crippen LogP contribution in [0.25, 0.3) is 0 Å². The third-order valence-electron chi connectivity index (χ3n) is 8.95. The number of rotatable bonds is 12. The zero-order valence-electron chi connectivity index (χ0n) is 32.4. The molecule has 10 nitrogen and oxygen atoms in total. The highest BCUT2D eigenvalue weighted by atomic mass is 35.5. The van der Waals surface area contributed by atoms with E-state index >= 15 is 0 Å². The predicted octanol–water partition coefficient (Wildman–Crippen LogP) is 6.36. The summed E-state index contributed by atoms with van der Waals surface area (Å²) < 4.78 is 93.8. The maximum Gasteiger partial charge on any atom is 0.446 e. The Morgan fingerprint density at radius 2 is 1.31 bits per heavy atom. The van der Waals surface area contributed by atoms with E-state index in [0.717, 1.165) is 44.8 Å². The van der Waals surface area contributed by atoms with E-state index in [1.54, 1.807) is 0 Å². The second kappa shape index (κ2) is 24.8. The number of fused-ring (bicyclic) bond motifs is 1. The number of halogens is 10. The topological polar surface area (TPSA) is 119 Å². The normalized spacial score (nSPS) is 16.6. The van der Waals surface area contributed by atoms with Crippen molar-refractivity contribution in [2.45, 2.75) is 83.7 Å². The van der Waals surface area contributed by atoms with Crippen molar-refractivity contribution in [3.8, 4) is 0 Å². The molecule has 2 amide bonds. The van der Waals surface area contributed by atoms with Crippen LogP contribution in [0.1, 0.15) is 56.8 Å². The van der Waals surface area contributed by atoms with Gasteiger partial charge >= 0.3 is 18.5 Å². The van der Waals surface area contributed by atoms with Crippen molar-refractivity contribution >= 4 is 42.3 Å². The van der Waals surface area contributed by atoms with Crippen molar-refractivity contribution in [3.63, 3.8) is 0 Å². The van der Waals surface area contributed by atoms with Crippen LogP contribution in [0.5, 0.6) is 0 Å². The molecule has 2 aliphatic heterocycles. The highest BCUT2D eigenvalue weighted by Crippen LogP contribution is 2.27. The average Bonchev–Trinajstić information content (AvgIpc) is 3.57. The maximum atomic E-state index is 13.9. The Bertz CT molecular complexity index is 1520. The first kappa shape index (κ1) is 51.9. The third-order valence-corrected chi connectivity index (χ3v) is 9.20. The van der Waals surface area contributed by atoms with E-state index in [1.807, 2.05) is 41.3 Å². The molecule has 20 heteroatoms. The van der Waals surface area contributed by atoms with Gasteiger partial charge in [-0.1, -0.05) is 75.7 Å². The van der Waals surface area contributed by atoms with E-state index in [-0.39, 0.29) is 17.9 Å². The van der Waals surface area contributed by atoms with E-state index in [1.165, 1.54) is 11.1 Å². The first-order valence-electron chi connectivity index (χ1n) is 18.2. The van der Waals surface area contributed by atoms with Crippen molar-refractivity contribution in [3.05, 3.63) is 70.2 Å². The lowest BCUT2D eigenvalue weighted by molar-refractivity contribution is -0.156. The van der Waals surface area contributed by atoms with E-state index in [2.05, 4.69) is 60.3 Å². The van der Waals surface area contributed by atoms with Gasteiger partial charge in [-0.25, -0.2) is 0 Å². The number of hydrogen-bond acceptors (Lipinski definition) is 8. The second-order valence-electron chi connectivity index (χ2n) is 13.4. The lowest BCUT2D eigenvalue weighted by Gasteiger charge is -2.43. The van der Waals surface area contributed by atoms with Crippen LogP contribution in [0.15, 0.2) is 48.5 Å². The fraction of sp³-hybridized carbons (Fsp3) is 0.553. The minimum Gasteiger partial charge on any atom is -0.344 e. The van der Waals surface area contributed by atoms with Gasteiger partial charge in [0.1, 0.15) is 6.04 Å². The Kier molecular flexibility index (Phi) is 22.2. The number of piperazine rings is 1. The summed E-state index contributed by atoms with van der Waals surface area (Å²) in [7, 11) is 0. The number of likely N-dealkylation sites (N-methyl/N-ethyl adjacent to an activating group) is 1. The summed E-state index contributed by atoms with van der Waals surface area (Å²) in [5.41, 5.74) is 3.37. The molecule has 0 aliphatic carbocycles. The minimum atomic E-state index is -4.64. The van der Waals surface area contributed by atoms with Crippen LogP contribution in [0.2, 0.25) is 5.02 Å². The minimum absolute atomic E-state index is 0.00688. The molecule has 326 valence electrons. The number of nitrogens with zero attached hydrogens (tertiary/aromatic N) is 3. The number of amides is 2. The highest BCUT2D eigenvalue weighted by molar-refractivity contribution is 6.30. The molecule has 0 saturated carbocycles. The maximum absolute atomic E-state index is 13.9. The van der Waals surface area contributed by atoms with Crippen LogP contribution in [-0.4, -0.2) is 122 Å². The standard InChI is InChI=1S/C32H46ClN5O2.3C2HF3O/c1-5-36(6-2)22-30(23(3)4)37-15-17-38(18-16-37)32(40)29(19-24-11-13-26(33)14-12-24)35-31(39)20-28-27-10-8-7-9-25(27)21-34-28;3*3-2(4,5)1-6/h7-14,23,28-30,34H,5-6,15-22H2,1-4H3,(H,35,39);3*1H/t28?,29-,30?;;;/m1.../s1. The SMILES string of the molecule is CCN(CC)CC(C(C)C)N1CCN(C(=O)[C@@H](Cc2ccc(Cl)cc2)NC(=O)CC2NCc3ccccc32)CC1.O=CC(F)(F)F.O=CC(F)(F)F.O=CC(F)(F)F. The van der Waals surface area contributed by atoms with Crippen molar-refractivity contribution < 1.29 is 63.5 Å². The van der Waals surface area contributed by atoms with Gasteiger partial charge in [0.05, 0.1) is 0 Å². The lowest BCUT2D eigenvalue weighted by atomic mass is 10.00. The molecule has 1 saturated heterocycles. The number of hydrogen-bond donors (Lipinski definition) is 2. The number of aldehydes is 3. The Labute approximate surface area is 336 Å². The summed E-state index contributed by atoms with van der Waals surface area (Å²) in [4.78, 5) is 60.2. The van der Waals surface area contributed by atoms with Crippen molar-refractivity contribution in [1.29, 1.82) is 0 Å². The van der Waals surface area contributed by atoms with Crippen LogP contribution in [0.3, 0.4) is 0 Å². The number of benzene rings is 2. The first-order valence-corrected chi connectivity index (χ1v) is 18.5. The zero-order chi connectivity index (χ0) is 44.3. The van der Waals surface area contributed by atoms with Gasteiger partial charge in [-0.3, -0.25) is 28.9 Å². The van der Waals surface area contributed by atoms with Gasteiger partial charge in [0.2, 0.25) is 30.7 Å². The zero-order valence-corrected chi connectivity index (χ0v) is 33.1. The van der Waals surface area contributed by atoms with Crippen molar-refractivity contribution in [2.24, 2.45) is 5.92 Å². The Hall–Kier alpha value is -4.07. The molecule has 0 aromatic heterocycles. The third kappa shape index (κ3) is 20.6. The Balaban J connectivity index is 0.000000776. The molecule has 2 heterocycles. The van der Waals surface area contributed by atoms with Gasteiger partial charge < -0.3 is 20.4 Å². The van der Waals surface area contributed by atoms with E-state index in [9.17, 15) is 49.1 Å². The van der Waals surface area contributed by atoms with Crippen LogP contribution in [0, 0.1) is 5.92 Å². The van der Waals surface area contributed by atoms with Gasteiger partial charge in [0.15, 0.2) is 0 Å². The number of alkyl halides is 9. The molecule has 2 aromatic carbocycles. The van der Waals surface area contributed by atoms with Crippen molar-refractivity contribution in [1.82, 2.24) is 25.3 Å². The quantitative estimate of drug-likeness (QED) is 0.187. The number of carbonyl (C=O) groups excluding carboxylic acids is 5. The van der Waals surface area contributed by atoms with Crippen LogP contribution in [-0.2, 0) is 36.9 Å². The summed E-state index contributed by atoms with van der Waals surface area (Å²) in [5.74, 6) is 0.418. The summed E-state index contributed by atoms with van der Waals surface area (Å²) in [6.07, 6.45) is -16.4. The molecule has 2 aromatic rings. The van der Waals surface area contributed by atoms with Gasteiger partial charge in [-0.15, -0.1) is 0 Å². The number of nitrogens with one attached hydrogen (secondary N) is 2. The van der Waals surface area contributed by atoms with Crippen LogP contribution in [0.4, 0.5) is 39.5 Å². The van der Waals surface area contributed by atoms with Gasteiger partial charge in [0, 0.05) is 69.2 Å². The molecule has 1 fully saturated rings. The van der Waals surface area contributed by atoms with Crippen molar-refractivity contribution in [2.75, 3.05) is 45.8 Å². The van der Waals surface area contributed by atoms with E-state index in [0.29, 0.717) is 42.9 Å². The summed E-state index contributed by atoms with van der Waals surface area (Å²) in [6.45, 7) is 16.0. The smallest absolute Gasteiger partial charge is 0.344 e. The van der Waals surface area contributed by atoms with Crippen LogP contribution >= 0.6 is 11.6 Å². The average molecular weight is 862 g/mol. The van der Waals surface area contributed by atoms with Crippen LogP contribution < -0.4 is 10.6 Å². The molecule has 4 rings (SSSR count). The molecule has 2 N–H and O–H groups in total. The van der Waals surface area contributed by atoms with E-state index < -0.39 is 43.4 Å². The first-order chi connectivity index (χ1) is 27.0. The van der Waals surface area contributed by atoms with Gasteiger partial charge in [0.25, 0.3) is 0 Å². The molecule has 3 atom stereocenters. The molecule has 2 aliphatic rings. The molecular weight excluding hydrogens is 813 g/mol. The molecule has 2 unspecified atom stereocenters. The largest absolute Gasteiger partial charge is 0.446 e. The van der Waals surface area contributed by atoms with Gasteiger partial charge in [-0.2, -0.15) is 39.5 Å². The summed E-state index contributed by atoms with van der Waals surface area (Å²) >= 11 is 6.10. The fourth-order valence-electron chi connectivity index (χ4n) is 6.04. The van der Waals surface area contributed by atoms with E-state index in [4.69, 9.17) is 26.0 Å². The molecule has 0 radical (unpaired) electrons. The molecule has 58 heavy (non-hydrogen) atoms. The summed E-state index contributed by atoms with van der Waals surface area (Å²) in [5, 5.41) is 7.20. The molecule has 0 bridgehead atoms. The Morgan fingerprint density at radius 1 is 0.828 bits per heavy atom. The predicted molar refractivity (Wildman–Crippen MR) is 199 cm³/mol. The lowest BCUT2D eigenvalue weighted by Crippen LogP contribution is -2.59. The molecule has 0 spiro atoms.